The van der Waals surface area contributed by atoms with E-state index in [1.807, 2.05) is 38.1 Å². The second kappa shape index (κ2) is 13.5. The van der Waals surface area contributed by atoms with E-state index in [1.54, 1.807) is 12.3 Å². The van der Waals surface area contributed by atoms with E-state index in [-0.39, 0.29) is 18.4 Å². The number of aromatic nitrogens is 1. The van der Waals surface area contributed by atoms with Crippen LogP contribution in [0.3, 0.4) is 0 Å². The number of aliphatic imine (C=N–C) groups is 1. The van der Waals surface area contributed by atoms with Gasteiger partial charge in [0, 0.05) is 24.0 Å². The lowest BCUT2D eigenvalue weighted by Crippen LogP contribution is -2.26. The van der Waals surface area contributed by atoms with Crippen molar-refractivity contribution in [2.45, 2.75) is 39.0 Å². The van der Waals surface area contributed by atoms with Crippen molar-refractivity contribution in [2.75, 3.05) is 0 Å². The Morgan fingerprint density at radius 2 is 1.94 bits per heavy atom. The predicted octanol–water partition coefficient (Wildman–Crippen LogP) is 4.28. The van der Waals surface area contributed by atoms with Gasteiger partial charge in [0.15, 0.2) is 0 Å². The van der Waals surface area contributed by atoms with E-state index in [9.17, 15) is 13.2 Å². The zero-order valence-electron chi connectivity index (χ0n) is 18.8. The summed E-state index contributed by atoms with van der Waals surface area (Å²) in [6.45, 7) is 4.30. The van der Waals surface area contributed by atoms with Crippen LogP contribution in [0.25, 0.3) is 10.9 Å². The number of carbonyl (C=O) groups is 1. The molecule has 2 unspecified atom stereocenters. The molecule has 1 aromatic heterocycles. The number of halogens is 4. The molecular weight excluding hydrogens is 469 g/mol. The largest absolute Gasteiger partial charge is 0.432 e. The Hall–Kier alpha value is -3.24. The molecule has 7 N–H and O–H groups in total. The van der Waals surface area contributed by atoms with Crippen molar-refractivity contribution in [1.29, 1.82) is 5.41 Å². The molecule has 0 aliphatic carbocycles. The number of nitrogens with zero attached hydrogens (tertiary/aromatic N) is 2. The molecule has 2 aromatic rings. The number of hydrogen-bond acceptors (Lipinski definition) is 6. The Bertz CT molecular complexity index is 1080. The number of carbonyl (C=O) groups excluding carboxylic acids is 1. The molecule has 184 valence electrons. The fraction of sp³-hybridized carbons (Fsp3) is 0.304. The summed E-state index contributed by atoms with van der Waals surface area (Å²) in [6.07, 6.45) is 1.62. The van der Waals surface area contributed by atoms with Gasteiger partial charge in [0.1, 0.15) is 11.5 Å². The first kappa shape index (κ1) is 28.8. The molecule has 34 heavy (non-hydrogen) atoms. The SMILES string of the molecule is CC1=CC(N)=NC(C)C1C/C=C/C(=N)C(F)(F)F.NC=O.NCc1ccc2ncc(Cl)cc2c1. The van der Waals surface area contributed by atoms with Crippen molar-refractivity contribution in [2.24, 2.45) is 28.1 Å². The number of fused-ring (bicyclic) bond motifs is 1. The van der Waals surface area contributed by atoms with E-state index >= 15 is 0 Å². The molecule has 0 spiro atoms. The summed E-state index contributed by atoms with van der Waals surface area (Å²) in [5, 5.41) is 8.51. The van der Waals surface area contributed by atoms with E-state index in [2.05, 4.69) is 15.7 Å². The maximum atomic E-state index is 12.1. The summed E-state index contributed by atoms with van der Waals surface area (Å²) in [7, 11) is 0. The summed E-state index contributed by atoms with van der Waals surface area (Å²) in [5.74, 6) is 0.484. The van der Waals surface area contributed by atoms with Gasteiger partial charge >= 0.3 is 6.18 Å². The number of primary amides is 1. The molecule has 1 aliphatic rings. The fourth-order valence-corrected chi connectivity index (χ4v) is 3.34. The zero-order valence-corrected chi connectivity index (χ0v) is 19.6. The van der Waals surface area contributed by atoms with E-state index in [4.69, 9.17) is 33.3 Å². The van der Waals surface area contributed by atoms with Gasteiger partial charge < -0.3 is 17.2 Å². The molecular formula is C23H28ClF3N6O. The molecule has 7 nitrogen and oxygen atoms in total. The Kier molecular flexibility index (Phi) is 11.4. The van der Waals surface area contributed by atoms with Gasteiger partial charge in [0.2, 0.25) is 6.41 Å². The van der Waals surface area contributed by atoms with Crippen LogP contribution >= 0.6 is 11.6 Å². The van der Waals surface area contributed by atoms with Crippen LogP contribution in [-0.2, 0) is 11.3 Å². The molecule has 1 aliphatic heterocycles. The number of nitrogens with one attached hydrogen (secondary N) is 1. The van der Waals surface area contributed by atoms with E-state index in [1.165, 1.54) is 6.08 Å². The number of amides is 1. The van der Waals surface area contributed by atoms with E-state index in [0.29, 0.717) is 23.8 Å². The van der Waals surface area contributed by atoms with Crippen molar-refractivity contribution in [1.82, 2.24) is 4.98 Å². The van der Waals surface area contributed by atoms with Crippen LogP contribution < -0.4 is 17.2 Å². The van der Waals surface area contributed by atoms with Gasteiger partial charge in [-0.3, -0.25) is 20.2 Å². The van der Waals surface area contributed by atoms with Gasteiger partial charge in [-0.1, -0.05) is 29.3 Å². The Balaban J connectivity index is 0.000000316. The van der Waals surface area contributed by atoms with Gasteiger partial charge in [-0.15, -0.1) is 0 Å². The van der Waals surface area contributed by atoms with Crippen molar-refractivity contribution in [3.05, 3.63) is 64.8 Å². The van der Waals surface area contributed by atoms with Gasteiger partial charge in [-0.25, -0.2) is 0 Å². The minimum absolute atomic E-state index is 0.0367. The summed E-state index contributed by atoms with van der Waals surface area (Å²) in [6, 6.07) is 7.77. The molecule has 11 heteroatoms. The topological polar surface area (TPSA) is 144 Å². The van der Waals surface area contributed by atoms with Gasteiger partial charge in [-0.2, -0.15) is 13.2 Å². The maximum absolute atomic E-state index is 12.1. The second-order valence-electron chi connectivity index (χ2n) is 7.36. The lowest BCUT2D eigenvalue weighted by atomic mass is 9.88. The number of hydrogen-bond donors (Lipinski definition) is 4. The number of nitrogens with two attached hydrogens (primary N) is 3. The molecule has 0 fully saturated rings. The first-order valence-corrected chi connectivity index (χ1v) is 10.5. The molecule has 0 saturated carbocycles. The highest BCUT2D eigenvalue weighted by Gasteiger charge is 2.32. The molecule has 0 radical (unpaired) electrons. The van der Waals surface area contributed by atoms with Gasteiger partial charge in [0.05, 0.1) is 16.6 Å². The minimum Gasteiger partial charge on any atom is -0.384 e. The Labute approximate surface area is 201 Å². The average molecular weight is 497 g/mol. The monoisotopic (exact) mass is 496 g/mol. The van der Waals surface area contributed by atoms with E-state index < -0.39 is 11.9 Å². The van der Waals surface area contributed by atoms with Crippen LogP contribution in [0.5, 0.6) is 0 Å². The normalized spacial score (nSPS) is 17.6. The number of amidine groups is 1. The van der Waals surface area contributed by atoms with Crippen LogP contribution in [0.15, 0.2) is 59.3 Å². The molecule has 1 amide bonds. The highest BCUT2D eigenvalue weighted by Crippen LogP contribution is 2.26. The van der Waals surface area contributed by atoms with Gasteiger partial charge in [0.25, 0.3) is 0 Å². The number of pyridine rings is 1. The third kappa shape index (κ3) is 9.32. The minimum atomic E-state index is -4.58. The third-order valence-electron chi connectivity index (χ3n) is 4.82. The predicted molar refractivity (Wildman–Crippen MR) is 131 cm³/mol. The average Bonchev–Trinajstić information content (AvgIpc) is 2.75. The number of allylic oxidation sites excluding steroid dienone is 2. The maximum Gasteiger partial charge on any atom is 0.432 e. The molecule has 2 atom stereocenters. The van der Waals surface area contributed by atoms with Crippen LogP contribution in [-0.4, -0.2) is 35.2 Å². The highest BCUT2D eigenvalue weighted by atomic mass is 35.5. The number of dihydropyridines is 1. The van der Waals surface area contributed by atoms with Crippen LogP contribution in [0, 0.1) is 11.3 Å². The highest BCUT2D eigenvalue weighted by molar-refractivity contribution is 6.31. The smallest absolute Gasteiger partial charge is 0.384 e. The van der Waals surface area contributed by atoms with E-state index in [0.717, 1.165) is 28.1 Å². The summed E-state index contributed by atoms with van der Waals surface area (Å²) in [5.41, 5.74) is 17.0. The van der Waals surface area contributed by atoms with Crippen molar-refractivity contribution >= 4 is 40.5 Å². The number of rotatable bonds is 4. The molecule has 0 bridgehead atoms. The van der Waals surface area contributed by atoms with Crippen molar-refractivity contribution in [3.8, 4) is 0 Å². The zero-order chi connectivity index (χ0) is 25.9. The summed E-state index contributed by atoms with van der Waals surface area (Å²) < 4.78 is 36.3. The second-order valence-corrected chi connectivity index (χ2v) is 7.80. The molecule has 0 saturated heterocycles. The quantitative estimate of drug-likeness (QED) is 0.369. The number of benzene rings is 1. The summed E-state index contributed by atoms with van der Waals surface area (Å²) >= 11 is 5.82. The van der Waals surface area contributed by atoms with Crippen molar-refractivity contribution in [3.63, 3.8) is 0 Å². The van der Waals surface area contributed by atoms with Gasteiger partial charge in [-0.05, 0) is 56.2 Å². The standard InChI is InChI=1S/C12H16F3N3.C10H9ClN2.CH3NO/c1-7-6-11(17)18-8(2)9(7)4-3-5-10(16)12(13,14)15;11-9-4-8-3-7(5-12)1-2-10(8)13-6-9;2-1-3/h3,5-6,8-9,16H,4H2,1-2H3,(H2,17,18);1-4,6H,5,12H2;1H,(H2,2,3)/b5-3+,16-10?;;. The number of alkyl halides is 3. The Morgan fingerprint density at radius 1 is 1.29 bits per heavy atom. The Morgan fingerprint density at radius 3 is 2.50 bits per heavy atom. The first-order chi connectivity index (χ1) is 15.9. The molecule has 3 rings (SSSR count). The van der Waals surface area contributed by atoms with Crippen LogP contribution in [0.4, 0.5) is 13.2 Å². The fourth-order valence-electron chi connectivity index (χ4n) is 3.17. The third-order valence-corrected chi connectivity index (χ3v) is 5.03. The molecule has 1 aromatic carbocycles. The lowest BCUT2D eigenvalue weighted by molar-refractivity contribution is -0.106. The first-order valence-electron chi connectivity index (χ1n) is 10.2. The lowest BCUT2D eigenvalue weighted by Gasteiger charge is -2.24. The van der Waals surface area contributed by atoms with Crippen LogP contribution in [0.1, 0.15) is 25.8 Å². The van der Waals surface area contributed by atoms with Crippen LogP contribution in [0.2, 0.25) is 5.02 Å². The molecule has 2 heterocycles. The van der Waals surface area contributed by atoms with Crippen molar-refractivity contribution < 1.29 is 18.0 Å². The summed E-state index contributed by atoms with van der Waals surface area (Å²) in [4.78, 5) is 16.9.